The molecule has 0 fully saturated rings. The summed E-state index contributed by atoms with van der Waals surface area (Å²) in [6, 6.07) is 0. The van der Waals surface area contributed by atoms with Crippen molar-refractivity contribution in [3.8, 4) is 0 Å². The summed E-state index contributed by atoms with van der Waals surface area (Å²) in [6.07, 6.45) is 6.57. The van der Waals surface area contributed by atoms with E-state index in [0.29, 0.717) is 0 Å². The quantitative estimate of drug-likeness (QED) is 0.517. The van der Waals surface area contributed by atoms with Gasteiger partial charge in [-0.25, -0.2) is 5.11 Å². The molecule has 1 atom stereocenters. The van der Waals surface area contributed by atoms with Crippen molar-refractivity contribution < 1.29 is 5.11 Å². The number of allylic oxidation sites excluding steroid dienone is 2. The first-order valence-corrected chi connectivity index (χ1v) is 3.58. The van der Waals surface area contributed by atoms with E-state index in [1.165, 1.54) is 0 Å². The Labute approximate surface area is 57.4 Å². The van der Waals surface area contributed by atoms with Gasteiger partial charge in [-0.15, -0.1) is 0 Å². The summed E-state index contributed by atoms with van der Waals surface area (Å²) >= 11 is 0. The Balaban J connectivity index is 2.99. The Bertz CT molecular complexity index is 74.6. The lowest BCUT2D eigenvalue weighted by molar-refractivity contribution is 0.0986. The molecule has 1 nitrogen and oxygen atoms in total. The zero-order valence-corrected chi connectivity index (χ0v) is 6.26. The van der Waals surface area contributed by atoms with Crippen molar-refractivity contribution in [2.75, 3.05) is 0 Å². The molecule has 0 amide bonds. The lowest BCUT2D eigenvalue weighted by atomic mass is 10.2. The molecule has 0 aliphatic carbocycles. The van der Waals surface area contributed by atoms with Crippen LogP contribution in [0, 0.1) is 0 Å². The van der Waals surface area contributed by atoms with Gasteiger partial charge in [-0.2, -0.15) is 0 Å². The van der Waals surface area contributed by atoms with Crippen LogP contribution in [0.2, 0.25) is 0 Å². The molecule has 53 valence electrons. The normalized spacial score (nSPS) is 14.6. The van der Waals surface area contributed by atoms with Gasteiger partial charge in [0.2, 0.25) is 0 Å². The van der Waals surface area contributed by atoms with Crippen LogP contribution in [0.5, 0.6) is 0 Å². The molecule has 1 radical (unpaired) electrons. The summed E-state index contributed by atoms with van der Waals surface area (Å²) in [6.45, 7) is 3.80. The topological polar surface area (TPSA) is 19.9 Å². The van der Waals surface area contributed by atoms with Crippen LogP contribution in [0.1, 0.15) is 33.1 Å². The van der Waals surface area contributed by atoms with Gasteiger partial charge in [0.1, 0.15) is 0 Å². The van der Waals surface area contributed by atoms with Crippen molar-refractivity contribution in [1.29, 1.82) is 0 Å². The zero-order valence-electron chi connectivity index (χ0n) is 6.26. The van der Waals surface area contributed by atoms with E-state index in [1.807, 2.05) is 0 Å². The highest BCUT2D eigenvalue weighted by molar-refractivity contribution is 4.80. The molecule has 1 unspecified atom stereocenters. The largest absolute Gasteiger partial charge is 0.233 e. The molecule has 0 spiro atoms. The third-order valence-electron chi connectivity index (χ3n) is 1.14. The van der Waals surface area contributed by atoms with Crippen LogP contribution in [0.25, 0.3) is 0 Å². The molecule has 0 N–H and O–H groups in total. The fraction of sp³-hybridized carbons (Fsp3) is 0.750. The van der Waals surface area contributed by atoms with Crippen molar-refractivity contribution in [2.24, 2.45) is 0 Å². The van der Waals surface area contributed by atoms with Crippen LogP contribution in [0.3, 0.4) is 0 Å². The zero-order chi connectivity index (χ0) is 7.11. The molecular formula is C8H15O. The molecule has 0 aromatic rings. The molecule has 0 aromatic carbocycles. The maximum atomic E-state index is 10.5. The highest BCUT2D eigenvalue weighted by Gasteiger charge is 1.92. The summed E-state index contributed by atoms with van der Waals surface area (Å²) < 4.78 is 0. The van der Waals surface area contributed by atoms with Gasteiger partial charge in [0, 0.05) is 0 Å². The van der Waals surface area contributed by atoms with Crippen molar-refractivity contribution >= 4 is 0 Å². The molecule has 0 aromatic heterocycles. The van der Waals surface area contributed by atoms with Gasteiger partial charge >= 0.3 is 0 Å². The first kappa shape index (κ1) is 8.70. The van der Waals surface area contributed by atoms with Crippen LogP contribution in [0.15, 0.2) is 12.2 Å². The van der Waals surface area contributed by atoms with Crippen molar-refractivity contribution in [3.05, 3.63) is 12.2 Å². The average Bonchev–Trinajstić information content (AvgIpc) is 1.80. The van der Waals surface area contributed by atoms with Gasteiger partial charge in [-0.1, -0.05) is 19.1 Å². The van der Waals surface area contributed by atoms with Crippen LogP contribution in [-0.2, 0) is 5.11 Å². The molecule has 0 rings (SSSR count). The lowest BCUT2D eigenvalue weighted by Gasteiger charge is -1.94. The van der Waals surface area contributed by atoms with Crippen molar-refractivity contribution in [1.82, 2.24) is 0 Å². The fourth-order valence-corrected chi connectivity index (χ4v) is 0.615. The summed E-state index contributed by atoms with van der Waals surface area (Å²) in [5.41, 5.74) is 0. The summed E-state index contributed by atoms with van der Waals surface area (Å²) in [7, 11) is 0. The van der Waals surface area contributed by atoms with Gasteiger partial charge < -0.3 is 0 Å². The molecule has 0 bridgehead atoms. The second-order valence-corrected chi connectivity index (χ2v) is 2.27. The number of hydrogen-bond acceptors (Lipinski definition) is 0. The second kappa shape index (κ2) is 5.83. The first-order valence-electron chi connectivity index (χ1n) is 3.58. The fourth-order valence-electron chi connectivity index (χ4n) is 0.615. The SMILES string of the molecule is CCC=CCCC(C)[O]. The minimum Gasteiger partial charge on any atom is -0.233 e. The smallest absolute Gasteiger partial charge is 0.0905 e. The molecule has 0 heterocycles. The maximum Gasteiger partial charge on any atom is 0.0905 e. The third-order valence-corrected chi connectivity index (χ3v) is 1.14. The molecule has 0 aliphatic heterocycles. The maximum absolute atomic E-state index is 10.5. The monoisotopic (exact) mass is 127 g/mol. The predicted octanol–water partition coefficient (Wildman–Crippen LogP) is 2.55. The molecular weight excluding hydrogens is 112 g/mol. The van der Waals surface area contributed by atoms with E-state index in [2.05, 4.69) is 19.1 Å². The molecule has 0 saturated carbocycles. The van der Waals surface area contributed by atoms with Crippen LogP contribution < -0.4 is 0 Å². The van der Waals surface area contributed by atoms with E-state index < -0.39 is 6.10 Å². The number of hydrogen-bond donors (Lipinski definition) is 0. The average molecular weight is 127 g/mol. The number of rotatable bonds is 4. The third kappa shape index (κ3) is 7.70. The van der Waals surface area contributed by atoms with Crippen molar-refractivity contribution in [2.45, 2.75) is 39.2 Å². The van der Waals surface area contributed by atoms with Crippen LogP contribution in [0.4, 0.5) is 0 Å². The Hall–Kier alpha value is -0.300. The van der Waals surface area contributed by atoms with E-state index >= 15 is 0 Å². The van der Waals surface area contributed by atoms with Gasteiger partial charge in [0.25, 0.3) is 0 Å². The van der Waals surface area contributed by atoms with Gasteiger partial charge in [0.15, 0.2) is 0 Å². The van der Waals surface area contributed by atoms with Crippen molar-refractivity contribution in [3.63, 3.8) is 0 Å². The van der Waals surface area contributed by atoms with E-state index in [-0.39, 0.29) is 0 Å². The first-order chi connectivity index (χ1) is 4.27. The summed E-state index contributed by atoms with van der Waals surface area (Å²) in [5, 5.41) is 10.5. The Morgan fingerprint density at radius 2 is 2.11 bits per heavy atom. The van der Waals surface area contributed by atoms with Gasteiger partial charge in [-0.3, -0.25) is 0 Å². The van der Waals surface area contributed by atoms with Crippen LogP contribution in [-0.4, -0.2) is 6.10 Å². The predicted molar refractivity (Wildman–Crippen MR) is 38.8 cm³/mol. The second-order valence-electron chi connectivity index (χ2n) is 2.27. The Kier molecular flexibility index (Phi) is 5.64. The van der Waals surface area contributed by atoms with Gasteiger partial charge in [0.05, 0.1) is 6.10 Å². The highest BCUT2D eigenvalue weighted by atomic mass is 16.3. The Morgan fingerprint density at radius 1 is 1.44 bits per heavy atom. The molecule has 0 saturated heterocycles. The minimum atomic E-state index is -0.397. The minimum absolute atomic E-state index is 0.397. The standard InChI is InChI=1S/C8H15O/c1-3-4-5-6-7-8(2)9/h4-5,8H,3,6-7H2,1-2H3. The highest BCUT2D eigenvalue weighted by Crippen LogP contribution is 1.97. The van der Waals surface area contributed by atoms with E-state index in [4.69, 9.17) is 0 Å². The van der Waals surface area contributed by atoms with E-state index in [9.17, 15) is 5.11 Å². The Morgan fingerprint density at radius 3 is 2.56 bits per heavy atom. The molecule has 9 heavy (non-hydrogen) atoms. The van der Waals surface area contributed by atoms with Crippen LogP contribution >= 0.6 is 0 Å². The van der Waals surface area contributed by atoms with E-state index in [1.54, 1.807) is 6.92 Å². The van der Waals surface area contributed by atoms with E-state index in [0.717, 1.165) is 19.3 Å². The molecule has 1 heteroatoms. The summed E-state index contributed by atoms with van der Waals surface area (Å²) in [4.78, 5) is 0. The van der Waals surface area contributed by atoms with Gasteiger partial charge in [-0.05, 0) is 26.2 Å². The summed E-state index contributed by atoms with van der Waals surface area (Å²) in [5.74, 6) is 0. The lowest BCUT2D eigenvalue weighted by Crippen LogP contribution is -1.94. The molecule has 0 aliphatic rings.